The van der Waals surface area contributed by atoms with Crippen molar-refractivity contribution in [2.75, 3.05) is 0 Å². The van der Waals surface area contributed by atoms with E-state index < -0.39 is 11.5 Å². The fourth-order valence-corrected chi connectivity index (χ4v) is 3.14. The molecule has 110 valence electrons. The Morgan fingerprint density at radius 1 is 1.45 bits per heavy atom. The van der Waals surface area contributed by atoms with Crippen molar-refractivity contribution >= 4 is 5.97 Å². The smallest absolute Gasteiger partial charge is 0.323 e. The quantitative estimate of drug-likeness (QED) is 0.781. The lowest BCUT2D eigenvalue weighted by Gasteiger charge is -2.18. The summed E-state index contributed by atoms with van der Waals surface area (Å²) in [5.74, 6) is -0.568. The summed E-state index contributed by atoms with van der Waals surface area (Å²) >= 11 is 0. The average Bonchev–Trinajstić information content (AvgIpc) is 2.84. The SMILES string of the molecule is CCCCCc1cccc([C@H]2CCC(N)(C(=O)O)C2)c1. The summed E-state index contributed by atoms with van der Waals surface area (Å²) < 4.78 is 0. The number of unbranched alkanes of at least 4 members (excludes halogenated alkanes) is 2. The molecule has 1 aliphatic carbocycles. The maximum Gasteiger partial charge on any atom is 0.323 e. The lowest BCUT2D eigenvalue weighted by molar-refractivity contribution is -0.143. The zero-order valence-electron chi connectivity index (χ0n) is 12.3. The highest BCUT2D eigenvalue weighted by Crippen LogP contribution is 2.39. The first-order valence-corrected chi connectivity index (χ1v) is 7.66. The molecular formula is C17H25NO2. The first-order chi connectivity index (χ1) is 9.55. The molecule has 1 aromatic rings. The molecule has 3 nitrogen and oxygen atoms in total. The van der Waals surface area contributed by atoms with E-state index in [-0.39, 0.29) is 0 Å². The number of aryl methyl sites for hydroxylation is 1. The molecule has 2 rings (SSSR count). The van der Waals surface area contributed by atoms with Crippen LogP contribution in [0.4, 0.5) is 0 Å². The van der Waals surface area contributed by atoms with Crippen LogP contribution in [-0.4, -0.2) is 16.6 Å². The molecule has 0 aliphatic heterocycles. The van der Waals surface area contributed by atoms with E-state index in [1.807, 2.05) is 0 Å². The van der Waals surface area contributed by atoms with Gasteiger partial charge in [0.2, 0.25) is 0 Å². The van der Waals surface area contributed by atoms with Gasteiger partial charge in [0.1, 0.15) is 5.54 Å². The number of hydrogen-bond acceptors (Lipinski definition) is 2. The third-order valence-electron chi connectivity index (χ3n) is 4.47. The van der Waals surface area contributed by atoms with E-state index in [2.05, 4.69) is 31.2 Å². The second kappa shape index (κ2) is 6.40. The van der Waals surface area contributed by atoms with Gasteiger partial charge >= 0.3 is 5.97 Å². The van der Waals surface area contributed by atoms with Crippen molar-refractivity contribution in [2.45, 2.75) is 63.3 Å². The molecule has 0 spiro atoms. The van der Waals surface area contributed by atoms with E-state index in [4.69, 9.17) is 5.73 Å². The molecule has 0 saturated heterocycles. The second-order valence-corrected chi connectivity index (χ2v) is 6.10. The maximum atomic E-state index is 11.2. The van der Waals surface area contributed by atoms with Crippen molar-refractivity contribution in [1.29, 1.82) is 0 Å². The van der Waals surface area contributed by atoms with Gasteiger partial charge in [0, 0.05) is 0 Å². The van der Waals surface area contributed by atoms with Crippen LogP contribution in [-0.2, 0) is 11.2 Å². The first-order valence-electron chi connectivity index (χ1n) is 7.66. The molecule has 0 heterocycles. The average molecular weight is 275 g/mol. The van der Waals surface area contributed by atoms with Crippen LogP contribution < -0.4 is 5.73 Å². The Kier molecular flexibility index (Phi) is 4.81. The minimum atomic E-state index is -1.02. The zero-order valence-corrected chi connectivity index (χ0v) is 12.3. The van der Waals surface area contributed by atoms with Crippen LogP contribution in [0.25, 0.3) is 0 Å². The molecule has 2 atom stereocenters. The van der Waals surface area contributed by atoms with Gasteiger partial charge in [-0.1, -0.05) is 44.0 Å². The number of carboxylic acid groups (broad SMARTS) is 1. The van der Waals surface area contributed by atoms with Crippen LogP contribution in [0.2, 0.25) is 0 Å². The summed E-state index contributed by atoms with van der Waals surface area (Å²) in [6, 6.07) is 8.62. The van der Waals surface area contributed by atoms with Crippen molar-refractivity contribution in [3.63, 3.8) is 0 Å². The number of aliphatic carboxylic acids is 1. The predicted molar refractivity (Wildman–Crippen MR) is 80.8 cm³/mol. The fourth-order valence-electron chi connectivity index (χ4n) is 3.14. The Labute approximate surface area is 121 Å². The van der Waals surface area contributed by atoms with Crippen LogP contribution in [0.15, 0.2) is 24.3 Å². The van der Waals surface area contributed by atoms with Crippen LogP contribution in [0.1, 0.15) is 62.5 Å². The van der Waals surface area contributed by atoms with E-state index in [1.165, 1.54) is 30.4 Å². The molecule has 1 aromatic carbocycles. The lowest BCUT2D eigenvalue weighted by atomic mass is 9.91. The highest BCUT2D eigenvalue weighted by Gasteiger charge is 2.42. The topological polar surface area (TPSA) is 63.3 Å². The van der Waals surface area contributed by atoms with Crippen molar-refractivity contribution in [1.82, 2.24) is 0 Å². The number of carbonyl (C=O) groups is 1. The summed E-state index contributed by atoms with van der Waals surface area (Å²) in [5.41, 5.74) is 7.56. The highest BCUT2D eigenvalue weighted by molar-refractivity contribution is 5.79. The normalized spacial score (nSPS) is 25.8. The molecular weight excluding hydrogens is 250 g/mol. The summed E-state index contributed by atoms with van der Waals surface area (Å²) in [5, 5.41) is 9.21. The minimum absolute atomic E-state index is 0.294. The van der Waals surface area contributed by atoms with E-state index >= 15 is 0 Å². The van der Waals surface area contributed by atoms with Gasteiger partial charge in [-0.2, -0.15) is 0 Å². The Morgan fingerprint density at radius 2 is 2.25 bits per heavy atom. The van der Waals surface area contributed by atoms with Gasteiger partial charge in [0.25, 0.3) is 0 Å². The monoisotopic (exact) mass is 275 g/mol. The second-order valence-electron chi connectivity index (χ2n) is 6.10. The Morgan fingerprint density at radius 3 is 2.90 bits per heavy atom. The molecule has 3 heteroatoms. The van der Waals surface area contributed by atoms with E-state index in [1.54, 1.807) is 0 Å². The number of nitrogens with two attached hydrogens (primary N) is 1. The Balaban J connectivity index is 2.03. The van der Waals surface area contributed by atoms with Crippen molar-refractivity contribution in [2.24, 2.45) is 5.73 Å². The predicted octanol–water partition coefficient (Wildman–Crippen LogP) is 3.47. The molecule has 20 heavy (non-hydrogen) atoms. The third-order valence-corrected chi connectivity index (χ3v) is 4.47. The van der Waals surface area contributed by atoms with Gasteiger partial charge in [-0.3, -0.25) is 4.79 Å². The van der Waals surface area contributed by atoms with E-state index in [0.717, 1.165) is 12.8 Å². The fraction of sp³-hybridized carbons (Fsp3) is 0.588. The van der Waals surface area contributed by atoms with Crippen molar-refractivity contribution < 1.29 is 9.90 Å². The van der Waals surface area contributed by atoms with Crippen molar-refractivity contribution in [3.8, 4) is 0 Å². The van der Waals surface area contributed by atoms with Crippen molar-refractivity contribution in [3.05, 3.63) is 35.4 Å². The molecule has 0 amide bonds. The largest absolute Gasteiger partial charge is 0.480 e. The standard InChI is InChI=1S/C17H25NO2/c1-2-3-4-6-13-7-5-8-14(11-13)15-9-10-17(18,12-15)16(19)20/h5,7-8,11,15H,2-4,6,9-10,12,18H2,1H3,(H,19,20)/t15-,17?/m0/s1. The van der Waals surface area contributed by atoms with E-state index in [0.29, 0.717) is 18.8 Å². The van der Waals surface area contributed by atoms with Gasteiger partial charge in [0.15, 0.2) is 0 Å². The molecule has 0 aromatic heterocycles. The van der Waals surface area contributed by atoms with Crippen LogP contribution in [0.3, 0.4) is 0 Å². The molecule has 3 N–H and O–H groups in total. The van der Waals surface area contributed by atoms with Gasteiger partial charge in [0.05, 0.1) is 0 Å². The summed E-state index contributed by atoms with van der Waals surface area (Å²) in [6.45, 7) is 2.21. The van der Waals surface area contributed by atoms with E-state index in [9.17, 15) is 9.90 Å². The number of carboxylic acids is 1. The van der Waals surface area contributed by atoms with Gasteiger partial charge in [-0.25, -0.2) is 0 Å². The van der Waals surface area contributed by atoms with Gasteiger partial charge in [-0.15, -0.1) is 0 Å². The Hall–Kier alpha value is -1.35. The molecule has 1 unspecified atom stereocenters. The van der Waals surface area contributed by atoms with Gasteiger partial charge < -0.3 is 10.8 Å². The van der Waals surface area contributed by atoms with Gasteiger partial charge in [-0.05, 0) is 49.1 Å². The number of benzene rings is 1. The zero-order chi connectivity index (χ0) is 14.6. The summed E-state index contributed by atoms with van der Waals surface area (Å²) in [7, 11) is 0. The first kappa shape index (κ1) is 15.0. The molecule has 1 aliphatic rings. The molecule has 0 radical (unpaired) electrons. The highest BCUT2D eigenvalue weighted by atomic mass is 16.4. The summed E-state index contributed by atoms with van der Waals surface area (Å²) in [4.78, 5) is 11.2. The minimum Gasteiger partial charge on any atom is -0.480 e. The third kappa shape index (κ3) is 3.40. The maximum absolute atomic E-state index is 11.2. The Bertz CT molecular complexity index is 472. The van der Waals surface area contributed by atoms with Crippen LogP contribution in [0, 0.1) is 0 Å². The number of hydrogen-bond donors (Lipinski definition) is 2. The number of rotatable bonds is 6. The molecule has 1 fully saturated rings. The molecule has 0 bridgehead atoms. The summed E-state index contributed by atoms with van der Waals surface area (Å²) in [6.07, 6.45) is 6.84. The lowest BCUT2D eigenvalue weighted by Crippen LogP contribution is -2.45. The molecule has 1 saturated carbocycles. The van der Waals surface area contributed by atoms with Crippen LogP contribution >= 0.6 is 0 Å². The van der Waals surface area contributed by atoms with Crippen LogP contribution in [0.5, 0.6) is 0 Å².